The summed E-state index contributed by atoms with van der Waals surface area (Å²) < 4.78 is 44.1. The number of carbonyl (C=O) groups is 1. The summed E-state index contributed by atoms with van der Waals surface area (Å²) in [5, 5.41) is 2.46. The number of aromatic nitrogens is 3. The van der Waals surface area contributed by atoms with Crippen LogP contribution in [-0.2, 0) is 16.0 Å². The average molecular weight is 474 g/mol. The van der Waals surface area contributed by atoms with E-state index in [0.717, 1.165) is 10.1 Å². The molecule has 0 radical (unpaired) electrons. The first kappa shape index (κ1) is 22.7. The number of halogens is 2. The SMILES string of the molecule is COc1ccc(-c2nc(CC(=O)OC(C)c3nc4ccccc4n3C(F)F)cs2)cc1OC. The largest absolute Gasteiger partial charge is 0.493 e. The van der Waals surface area contributed by atoms with Crippen molar-refractivity contribution in [1.82, 2.24) is 14.5 Å². The fourth-order valence-electron chi connectivity index (χ4n) is 3.48. The summed E-state index contributed by atoms with van der Waals surface area (Å²) in [4.78, 5) is 21.2. The van der Waals surface area contributed by atoms with Gasteiger partial charge >= 0.3 is 12.5 Å². The Bertz CT molecular complexity index is 1290. The number of nitrogens with zero attached hydrogens (tertiary/aromatic N) is 3. The molecule has 0 saturated heterocycles. The van der Waals surface area contributed by atoms with Crippen molar-refractivity contribution in [2.75, 3.05) is 14.2 Å². The fraction of sp³-hybridized carbons (Fsp3) is 0.261. The van der Waals surface area contributed by atoms with Crippen LogP contribution in [0.1, 0.15) is 31.1 Å². The van der Waals surface area contributed by atoms with Gasteiger partial charge in [0.15, 0.2) is 23.4 Å². The summed E-state index contributed by atoms with van der Waals surface area (Å²) in [5.74, 6) is 0.579. The van der Waals surface area contributed by atoms with E-state index in [0.29, 0.717) is 27.7 Å². The molecule has 0 aliphatic carbocycles. The fourth-order valence-corrected chi connectivity index (χ4v) is 4.30. The van der Waals surface area contributed by atoms with E-state index in [1.807, 2.05) is 6.07 Å². The number of alkyl halides is 2. The van der Waals surface area contributed by atoms with E-state index < -0.39 is 18.6 Å². The maximum atomic E-state index is 13.7. The Kier molecular flexibility index (Phi) is 6.55. The van der Waals surface area contributed by atoms with Crippen molar-refractivity contribution >= 4 is 28.3 Å². The minimum absolute atomic E-state index is 0.0103. The van der Waals surface area contributed by atoms with Gasteiger partial charge in [-0.15, -0.1) is 11.3 Å². The molecule has 0 aliphatic heterocycles. The summed E-state index contributed by atoms with van der Waals surface area (Å²) in [7, 11) is 3.11. The molecule has 1 atom stereocenters. The summed E-state index contributed by atoms with van der Waals surface area (Å²) in [5.41, 5.74) is 2.03. The molecule has 0 N–H and O–H groups in total. The molecule has 0 amide bonds. The summed E-state index contributed by atoms with van der Waals surface area (Å²) in [6.45, 7) is -1.29. The third-order valence-electron chi connectivity index (χ3n) is 5.00. The van der Waals surface area contributed by atoms with Gasteiger partial charge in [-0.25, -0.2) is 9.97 Å². The van der Waals surface area contributed by atoms with E-state index in [4.69, 9.17) is 14.2 Å². The van der Waals surface area contributed by atoms with Gasteiger partial charge in [-0.2, -0.15) is 8.78 Å². The smallest absolute Gasteiger partial charge is 0.320 e. The molecule has 172 valence electrons. The number of esters is 1. The van der Waals surface area contributed by atoms with Crippen LogP contribution < -0.4 is 9.47 Å². The first-order chi connectivity index (χ1) is 15.9. The highest BCUT2D eigenvalue weighted by molar-refractivity contribution is 7.13. The van der Waals surface area contributed by atoms with Crippen LogP contribution in [0.25, 0.3) is 21.6 Å². The minimum atomic E-state index is -2.81. The third kappa shape index (κ3) is 4.65. The van der Waals surface area contributed by atoms with Crippen molar-refractivity contribution in [1.29, 1.82) is 0 Å². The van der Waals surface area contributed by atoms with Gasteiger partial charge in [0.1, 0.15) is 5.01 Å². The molecule has 4 rings (SSSR count). The normalized spacial score (nSPS) is 12.2. The molecule has 1 unspecified atom stereocenters. The first-order valence-electron chi connectivity index (χ1n) is 10.0. The molecular formula is C23H21F2N3O4S. The van der Waals surface area contributed by atoms with E-state index in [9.17, 15) is 13.6 Å². The van der Waals surface area contributed by atoms with Crippen LogP contribution in [0, 0.1) is 0 Å². The molecule has 0 aliphatic rings. The molecule has 0 fully saturated rings. The number of rotatable bonds is 8. The second kappa shape index (κ2) is 9.53. The second-order valence-electron chi connectivity index (χ2n) is 7.13. The standard InChI is InChI=1S/C23H21F2N3O4S/c1-13(21-27-16-6-4-5-7-17(16)28(21)23(24)25)32-20(29)11-15-12-33-22(26-15)14-8-9-18(30-2)19(10-14)31-3/h4-10,12-13,23H,11H2,1-3H3. The van der Waals surface area contributed by atoms with Crippen molar-refractivity contribution in [2.24, 2.45) is 0 Å². The number of hydrogen-bond acceptors (Lipinski definition) is 7. The second-order valence-corrected chi connectivity index (χ2v) is 7.99. The number of ether oxygens (including phenoxy) is 3. The Balaban J connectivity index is 1.48. The van der Waals surface area contributed by atoms with Gasteiger partial charge in [0.2, 0.25) is 0 Å². The van der Waals surface area contributed by atoms with Gasteiger partial charge < -0.3 is 14.2 Å². The Morgan fingerprint density at radius 1 is 1.09 bits per heavy atom. The Hall–Kier alpha value is -3.53. The lowest BCUT2D eigenvalue weighted by molar-refractivity contribution is -0.148. The van der Waals surface area contributed by atoms with Gasteiger partial charge in [-0.3, -0.25) is 9.36 Å². The van der Waals surface area contributed by atoms with E-state index in [1.165, 1.54) is 18.3 Å². The molecule has 10 heteroatoms. The van der Waals surface area contributed by atoms with Crippen LogP contribution in [0.15, 0.2) is 47.8 Å². The van der Waals surface area contributed by atoms with Crippen LogP contribution >= 0.6 is 11.3 Å². The van der Waals surface area contributed by atoms with Gasteiger partial charge in [0, 0.05) is 10.9 Å². The number of methoxy groups -OCH3 is 2. The van der Waals surface area contributed by atoms with Crippen LogP contribution in [0.4, 0.5) is 8.78 Å². The van der Waals surface area contributed by atoms with E-state index in [1.54, 1.807) is 56.0 Å². The number of carbonyl (C=O) groups excluding carboxylic acids is 1. The number of benzene rings is 2. The molecule has 0 bridgehead atoms. The zero-order chi connectivity index (χ0) is 23.5. The molecule has 2 heterocycles. The van der Waals surface area contributed by atoms with E-state index in [-0.39, 0.29) is 17.8 Å². The maximum Gasteiger partial charge on any atom is 0.320 e. The predicted molar refractivity (Wildman–Crippen MR) is 120 cm³/mol. The van der Waals surface area contributed by atoms with E-state index in [2.05, 4.69) is 9.97 Å². The van der Waals surface area contributed by atoms with Gasteiger partial charge in [0.05, 0.1) is 37.4 Å². The highest BCUT2D eigenvalue weighted by Gasteiger charge is 2.24. The van der Waals surface area contributed by atoms with Crippen molar-refractivity contribution in [3.63, 3.8) is 0 Å². The lowest BCUT2D eigenvalue weighted by atomic mass is 10.2. The first-order valence-corrected chi connectivity index (χ1v) is 10.9. The van der Waals surface area contributed by atoms with Gasteiger partial charge in [-0.1, -0.05) is 12.1 Å². The number of hydrogen-bond donors (Lipinski definition) is 0. The quantitative estimate of drug-likeness (QED) is 0.318. The molecular weight excluding hydrogens is 452 g/mol. The number of para-hydroxylation sites is 2. The maximum absolute atomic E-state index is 13.7. The van der Waals surface area contributed by atoms with Crippen LogP contribution in [0.5, 0.6) is 11.5 Å². The summed E-state index contributed by atoms with van der Waals surface area (Å²) in [6, 6.07) is 12.0. The van der Waals surface area contributed by atoms with Gasteiger partial charge in [-0.05, 0) is 37.3 Å². The van der Waals surface area contributed by atoms with Gasteiger partial charge in [0.25, 0.3) is 0 Å². The summed E-state index contributed by atoms with van der Waals surface area (Å²) in [6.07, 6.45) is -1.05. The van der Waals surface area contributed by atoms with Crippen LogP contribution in [-0.4, -0.2) is 34.7 Å². The lowest BCUT2D eigenvalue weighted by Gasteiger charge is -2.14. The minimum Gasteiger partial charge on any atom is -0.493 e. The molecule has 0 saturated carbocycles. The van der Waals surface area contributed by atoms with Crippen LogP contribution in [0.2, 0.25) is 0 Å². The van der Waals surface area contributed by atoms with E-state index >= 15 is 0 Å². The number of fused-ring (bicyclic) bond motifs is 1. The number of thiazole rings is 1. The van der Waals surface area contributed by atoms with Crippen molar-refractivity contribution < 1.29 is 27.8 Å². The highest BCUT2D eigenvalue weighted by atomic mass is 32.1. The predicted octanol–water partition coefficient (Wildman–Crippen LogP) is 5.42. The zero-order valence-electron chi connectivity index (χ0n) is 18.1. The highest BCUT2D eigenvalue weighted by Crippen LogP contribution is 2.34. The van der Waals surface area contributed by atoms with Crippen molar-refractivity contribution in [2.45, 2.75) is 26.0 Å². The molecule has 0 spiro atoms. The van der Waals surface area contributed by atoms with Crippen molar-refractivity contribution in [3.05, 3.63) is 59.4 Å². The lowest BCUT2D eigenvalue weighted by Crippen LogP contribution is -2.16. The third-order valence-corrected chi connectivity index (χ3v) is 5.94. The number of imidazole rings is 1. The van der Waals surface area contributed by atoms with Crippen molar-refractivity contribution in [3.8, 4) is 22.1 Å². The van der Waals surface area contributed by atoms with Crippen LogP contribution in [0.3, 0.4) is 0 Å². The molecule has 2 aromatic heterocycles. The Labute approximate surface area is 192 Å². The summed E-state index contributed by atoms with van der Waals surface area (Å²) >= 11 is 1.37. The molecule has 33 heavy (non-hydrogen) atoms. The molecule has 2 aromatic carbocycles. The monoisotopic (exact) mass is 473 g/mol. The Morgan fingerprint density at radius 2 is 1.85 bits per heavy atom. The Morgan fingerprint density at radius 3 is 2.58 bits per heavy atom. The topological polar surface area (TPSA) is 75.5 Å². The average Bonchev–Trinajstić information content (AvgIpc) is 3.43. The zero-order valence-corrected chi connectivity index (χ0v) is 18.9. The molecule has 7 nitrogen and oxygen atoms in total. The molecule has 4 aromatic rings.